The average molecular weight is 479 g/mol. The number of carbonyl (C=O) groups is 2. The number of Topliss-reactive ketones (excluding diaryl/α,β-unsaturated/α-hetero) is 1. The topological polar surface area (TPSA) is 89.5 Å². The Morgan fingerprint density at radius 2 is 1.61 bits per heavy atom. The number of nitrogens with zero attached hydrogens (tertiary/aromatic N) is 3. The first kappa shape index (κ1) is 22.1. The number of fused-ring (bicyclic) bond motifs is 1. The summed E-state index contributed by atoms with van der Waals surface area (Å²) in [7, 11) is 0. The van der Waals surface area contributed by atoms with Crippen LogP contribution in [-0.2, 0) is 9.59 Å². The Morgan fingerprint density at radius 1 is 0.889 bits per heavy atom. The van der Waals surface area contributed by atoms with Gasteiger partial charge in [-0.1, -0.05) is 24.3 Å². The quantitative estimate of drug-likeness (QED) is 0.240. The van der Waals surface area contributed by atoms with Gasteiger partial charge in [0.05, 0.1) is 11.3 Å². The van der Waals surface area contributed by atoms with Crippen molar-refractivity contribution < 1.29 is 14.7 Å². The third-order valence-corrected chi connectivity index (χ3v) is 7.11. The summed E-state index contributed by atoms with van der Waals surface area (Å²) in [5, 5.41) is 12.2. The molecule has 0 aliphatic carbocycles. The molecule has 2 fully saturated rings. The molecule has 0 saturated carbocycles. The number of pyridine rings is 1. The van der Waals surface area contributed by atoms with E-state index in [0.29, 0.717) is 16.9 Å². The summed E-state index contributed by atoms with van der Waals surface area (Å²) in [5.41, 5.74) is 3.54. The molecule has 2 N–H and O–H groups in total. The Balaban J connectivity index is 1.47. The number of hydrogen-bond donors (Lipinski definition) is 2. The highest BCUT2D eigenvalue weighted by Crippen LogP contribution is 2.42. The molecular weight excluding hydrogens is 452 g/mol. The lowest BCUT2D eigenvalue weighted by atomic mass is 9.98. The minimum absolute atomic E-state index is 0.0311. The van der Waals surface area contributed by atoms with Gasteiger partial charge in [0.25, 0.3) is 11.7 Å². The molecule has 1 atom stereocenters. The first-order valence-corrected chi connectivity index (χ1v) is 12.3. The Labute approximate surface area is 208 Å². The van der Waals surface area contributed by atoms with Gasteiger partial charge in [0, 0.05) is 53.3 Å². The molecular formula is C29H26N4O3. The number of aliphatic hydroxyl groups excluding tert-OH is 1. The lowest BCUT2D eigenvalue weighted by molar-refractivity contribution is -0.132. The van der Waals surface area contributed by atoms with Crippen molar-refractivity contribution in [2.75, 3.05) is 22.9 Å². The summed E-state index contributed by atoms with van der Waals surface area (Å²) in [6, 6.07) is 19.8. The molecule has 0 bridgehead atoms. The summed E-state index contributed by atoms with van der Waals surface area (Å²) in [4.78, 5) is 38.2. The number of para-hydroxylation sites is 1. The molecule has 4 aromatic rings. The van der Waals surface area contributed by atoms with Crippen LogP contribution in [0.15, 0.2) is 84.7 Å². The van der Waals surface area contributed by atoms with Gasteiger partial charge >= 0.3 is 0 Å². The van der Waals surface area contributed by atoms with E-state index in [0.717, 1.165) is 29.7 Å². The van der Waals surface area contributed by atoms with Crippen molar-refractivity contribution in [1.29, 1.82) is 0 Å². The number of H-pyrrole nitrogens is 1. The zero-order valence-electron chi connectivity index (χ0n) is 19.7. The Hall–Kier alpha value is -4.39. The maximum Gasteiger partial charge on any atom is 0.300 e. The lowest BCUT2D eigenvalue weighted by Crippen LogP contribution is -2.31. The molecule has 6 rings (SSSR count). The summed E-state index contributed by atoms with van der Waals surface area (Å²) >= 11 is 0. The normalized spacial score (nSPS) is 19.8. The molecule has 7 nitrogen and oxygen atoms in total. The zero-order chi connectivity index (χ0) is 24.6. The molecule has 0 spiro atoms. The summed E-state index contributed by atoms with van der Waals surface area (Å²) in [6.07, 6.45) is 6.88. The Morgan fingerprint density at radius 3 is 2.36 bits per heavy atom. The zero-order valence-corrected chi connectivity index (χ0v) is 19.7. The fourth-order valence-corrected chi connectivity index (χ4v) is 5.31. The molecule has 4 heterocycles. The van der Waals surface area contributed by atoms with E-state index in [-0.39, 0.29) is 11.3 Å². The maximum atomic E-state index is 13.4. The number of carbonyl (C=O) groups excluding carboxylic acids is 2. The number of amides is 1. The van der Waals surface area contributed by atoms with E-state index in [1.165, 1.54) is 24.2 Å². The van der Waals surface area contributed by atoms with E-state index in [1.807, 2.05) is 54.6 Å². The Kier molecular flexibility index (Phi) is 5.52. The van der Waals surface area contributed by atoms with Crippen molar-refractivity contribution in [2.45, 2.75) is 25.3 Å². The van der Waals surface area contributed by atoms with Gasteiger partial charge in [0.15, 0.2) is 0 Å². The Bertz CT molecular complexity index is 1470. The molecule has 1 unspecified atom stereocenters. The van der Waals surface area contributed by atoms with Crippen LogP contribution >= 0.6 is 0 Å². The van der Waals surface area contributed by atoms with Gasteiger partial charge in [-0.3, -0.25) is 19.5 Å². The van der Waals surface area contributed by atoms with Crippen molar-refractivity contribution >= 4 is 39.7 Å². The number of rotatable bonds is 4. The van der Waals surface area contributed by atoms with Crippen LogP contribution in [0.1, 0.15) is 36.6 Å². The molecule has 7 heteroatoms. The molecule has 2 aromatic heterocycles. The predicted molar refractivity (Wildman–Crippen MR) is 140 cm³/mol. The summed E-state index contributed by atoms with van der Waals surface area (Å²) < 4.78 is 0. The number of nitrogens with one attached hydrogen (secondary N) is 1. The average Bonchev–Trinajstić information content (AvgIpc) is 3.48. The van der Waals surface area contributed by atoms with E-state index < -0.39 is 17.7 Å². The van der Waals surface area contributed by atoms with Crippen LogP contribution in [0.2, 0.25) is 0 Å². The smallest absolute Gasteiger partial charge is 0.300 e. The van der Waals surface area contributed by atoms with Crippen LogP contribution in [0.5, 0.6) is 0 Å². The first-order chi connectivity index (χ1) is 17.6. The van der Waals surface area contributed by atoms with Gasteiger partial charge in [-0.05, 0) is 61.7 Å². The number of anilines is 2. The third-order valence-electron chi connectivity index (χ3n) is 7.11. The second-order valence-electron chi connectivity index (χ2n) is 9.24. The highest BCUT2D eigenvalue weighted by Gasteiger charge is 2.47. The van der Waals surface area contributed by atoms with E-state index >= 15 is 0 Å². The molecule has 0 radical (unpaired) electrons. The molecule has 2 aliphatic rings. The number of aromatic nitrogens is 2. The number of ketones is 1. The molecule has 36 heavy (non-hydrogen) atoms. The van der Waals surface area contributed by atoms with Crippen LogP contribution in [0.4, 0.5) is 11.4 Å². The minimum atomic E-state index is -0.847. The van der Waals surface area contributed by atoms with E-state index in [2.05, 4.69) is 14.9 Å². The second kappa shape index (κ2) is 9.00. The lowest BCUT2D eigenvalue weighted by Gasteiger charge is -2.30. The van der Waals surface area contributed by atoms with E-state index in [9.17, 15) is 14.7 Å². The fourth-order valence-electron chi connectivity index (χ4n) is 5.31. The molecule has 2 aromatic carbocycles. The maximum absolute atomic E-state index is 13.4. The van der Waals surface area contributed by atoms with E-state index in [4.69, 9.17) is 0 Å². The predicted octanol–water partition coefficient (Wildman–Crippen LogP) is 5.18. The first-order valence-electron chi connectivity index (χ1n) is 12.3. The number of hydrogen-bond acceptors (Lipinski definition) is 5. The number of benzene rings is 2. The summed E-state index contributed by atoms with van der Waals surface area (Å²) in [5.74, 6) is -1.62. The van der Waals surface area contributed by atoms with Gasteiger partial charge < -0.3 is 15.0 Å². The van der Waals surface area contributed by atoms with Gasteiger partial charge in [-0.2, -0.15) is 0 Å². The molecule has 2 aliphatic heterocycles. The van der Waals surface area contributed by atoms with Crippen LogP contribution in [0, 0.1) is 0 Å². The number of piperidine rings is 1. The molecule has 2 saturated heterocycles. The van der Waals surface area contributed by atoms with Crippen LogP contribution in [0.3, 0.4) is 0 Å². The number of aliphatic hydroxyl groups is 1. The highest BCUT2D eigenvalue weighted by molar-refractivity contribution is 6.51. The minimum Gasteiger partial charge on any atom is -0.507 e. The molecule has 180 valence electrons. The van der Waals surface area contributed by atoms with Crippen molar-refractivity contribution in [3.63, 3.8) is 0 Å². The fraction of sp³-hybridized carbons (Fsp3) is 0.207. The number of aromatic amines is 1. The summed E-state index contributed by atoms with van der Waals surface area (Å²) in [6.45, 7) is 2.03. The van der Waals surface area contributed by atoms with Crippen molar-refractivity contribution in [2.24, 2.45) is 0 Å². The van der Waals surface area contributed by atoms with Crippen molar-refractivity contribution in [1.82, 2.24) is 9.97 Å². The van der Waals surface area contributed by atoms with Crippen molar-refractivity contribution in [3.05, 3.63) is 96.0 Å². The monoisotopic (exact) mass is 478 g/mol. The third kappa shape index (κ3) is 3.64. The van der Waals surface area contributed by atoms with Gasteiger partial charge in [-0.15, -0.1) is 0 Å². The van der Waals surface area contributed by atoms with Crippen LogP contribution < -0.4 is 9.80 Å². The largest absolute Gasteiger partial charge is 0.507 e. The van der Waals surface area contributed by atoms with Gasteiger partial charge in [-0.25, -0.2) is 0 Å². The van der Waals surface area contributed by atoms with Gasteiger partial charge in [0.1, 0.15) is 11.8 Å². The van der Waals surface area contributed by atoms with E-state index in [1.54, 1.807) is 24.5 Å². The highest BCUT2D eigenvalue weighted by atomic mass is 16.3. The van der Waals surface area contributed by atoms with Gasteiger partial charge in [0.2, 0.25) is 0 Å². The SMILES string of the molecule is O=C1C(=O)N(c2ccc(N3CCCCC3)cc2)C(c2ccccn2)/C1=C(/O)c1c[nH]c2ccccc12. The molecule has 1 amide bonds. The van der Waals surface area contributed by atoms with Crippen LogP contribution in [-0.4, -0.2) is 39.9 Å². The standard InChI is InChI=1S/C29H26N4O3/c34-27(22-18-31-23-9-3-2-8-21(22)23)25-26(24-10-4-5-15-30-24)33(29(36)28(25)35)20-13-11-19(12-14-20)32-16-6-1-7-17-32/h2-5,8-15,18,26,31,34H,1,6-7,16-17H2/b27-25-. The van der Waals surface area contributed by atoms with Crippen LogP contribution in [0.25, 0.3) is 16.7 Å². The second-order valence-corrected chi connectivity index (χ2v) is 9.24. The van der Waals surface area contributed by atoms with Crippen molar-refractivity contribution in [3.8, 4) is 0 Å².